The normalized spacial score (nSPS) is 20.8. The molecule has 0 aromatic rings. The van der Waals surface area contributed by atoms with E-state index in [0.29, 0.717) is 25.9 Å². The highest BCUT2D eigenvalue weighted by Crippen LogP contribution is 2.12. The number of hydrogen-bond acceptors (Lipinski definition) is 3. The first-order chi connectivity index (χ1) is 8.15. The molecule has 2 atom stereocenters. The smallest absolute Gasteiger partial charge is 0.326 e. The van der Waals surface area contributed by atoms with Crippen molar-refractivity contribution in [1.29, 1.82) is 0 Å². The predicted molar refractivity (Wildman–Crippen MR) is 62.6 cm³/mol. The zero-order chi connectivity index (χ0) is 12.7. The molecule has 0 spiro atoms. The monoisotopic (exact) mass is 241 g/mol. The Morgan fingerprint density at radius 3 is 2.88 bits per heavy atom. The van der Waals surface area contributed by atoms with Crippen LogP contribution in [0.5, 0.6) is 0 Å². The van der Waals surface area contributed by atoms with Crippen molar-refractivity contribution < 1.29 is 19.4 Å². The second-order valence-electron chi connectivity index (χ2n) is 4.12. The molecule has 96 valence electrons. The SMILES string of the molecule is C=CCCC[C@@H](NC(=O)[C@@H]1CCCO1)C(=O)O. The number of amides is 1. The Hall–Kier alpha value is -1.36. The number of carbonyl (C=O) groups is 2. The van der Waals surface area contributed by atoms with Crippen molar-refractivity contribution in [1.82, 2.24) is 5.32 Å². The number of allylic oxidation sites excluding steroid dienone is 1. The van der Waals surface area contributed by atoms with E-state index in [9.17, 15) is 9.59 Å². The molecule has 2 N–H and O–H groups in total. The minimum atomic E-state index is -1.000. The Labute approximate surface area is 101 Å². The largest absolute Gasteiger partial charge is 0.480 e. The zero-order valence-electron chi connectivity index (χ0n) is 9.85. The molecular formula is C12H19NO4. The molecule has 1 amide bonds. The fourth-order valence-electron chi connectivity index (χ4n) is 1.77. The van der Waals surface area contributed by atoms with Crippen molar-refractivity contribution in [3.8, 4) is 0 Å². The molecule has 0 radical (unpaired) electrons. The number of carbonyl (C=O) groups excluding carboxylic acids is 1. The van der Waals surface area contributed by atoms with Gasteiger partial charge in [0.25, 0.3) is 0 Å². The van der Waals surface area contributed by atoms with Gasteiger partial charge in [0, 0.05) is 6.61 Å². The van der Waals surface area contributed by atoms with Gasteiger partial charge in [0.05, 0.1) is 0 Å². The van der Waals surface area contributed by atoms with Gasteiger partial charge in [0.1, 0.15) is 12.1 Å². The topological polar surface area (TPSA) is 75.6 Å². The summed E-state index contributed by atoms with van der Waals surface area (Å²) in [6, 6.07) is -0.827. The van der Waals surface area contributed by atoms with Gasteiger partial charge in [-0.2, -0.15) is 0 Å². The third kappa shape index (κ3) is 4.56. The van der Waals surface area contributed by atoms with Crippen LogP contribution in [0, 0.1) is 0 Å². The average Bonchev–Trinajstić information content (AvgIpc) is 2.81. The Morgan fingerprint density at radius 2 is 2.35 bits per heavy atom. The van der Waals surface area contributed by atoms with E-state index in [4.69, 9.17) is 9.84 Å². The molecule has 0 bridgehead atoms. The van der Waals surface area contributed by atoms with Crippen LogP contribution >= 0.6 is 0 Å². The Morgan fingerprint density at radius 1 is 1.59 bits per heavy atom. The number of aliphatic carboxylic acids is 1. The summed E-state index contributed by atoms with van der Waals surface area (Å²) in [6.45, 7) is 4.15. The molecule has 0 aromatic carbocycles. The molecule has 1 rings (SSSR count). The van der Waals surface area contributed by atoms with Crippen molar-refractivity contribution >= 4 is 11.9 Å². The second-order valence-corrected chi connectivity index (χ2v) is 4.12. The summed E-state index contributed by atoms with van der Waals surface area (Å²) in [5.74, 6) is -1.31. The van der Waals surface area contributed by atoms with E-state index in [0.717, 1.165) is 12.8 Å². The molecule has 0 aromatic heterocycles. The zero-order valence-corrected chi connectivity index (χ0v) is 9.85. The molecule has 5 heteroatoms. The molecule has 1 aliphatic rings. The molecule has 0 saturated carbocycles. The van der Waals surface area contributed by atoms with E-state index < -0.39 is 18.1 Å². The summed E-state index contributed by atoms with van der Waals surface area (Å²) in [5.41, 5.74) is 0. The van der Waals surface area contributed by atoms with E-state index in [1.807, 2.05) is 0 Å². The predicted octanol–water partition coefficient (Wildman–Crippen LogP) is 1.09. The van der Waals surface area contributed by atoms with Crippen LogP contribution in [-0.4, -0.2) is 35.7 Å². The highest BCUT2D eigenvalue weighted by atomic mass is 16.5. The summed E-state index contributed by atoms with van der Waals surface area (Å²) < 4.78 is 5.20. The number of carboxylic acid groups (broad SMARTS) is 1. The van der Waals surface area contributed by atoms with Crippen LogP contribution in [0.1, 0.15) is 32.1 Å². The van der Waals surface area contributed by atoms with E-state index in [2.05, 4.69) is 11.9 Å². The minimum Gasteiger partial charge on any atom is -0.480 e. The summed E-state index contributed by atoms with van der Waals surface area (Å²) in [6.07, 6.45) is 4.65. The molecule has 17 heavy (non-hydrogen) atoms. The van der Waals surface area contributed by atoms with Gasteiger partial charge in [-0.3, -0.25) is 4.79 Å². The molecule has 5 nitrogen and oxygen atoms in total. The lowest BCUT2D eigenvalue weighted by atomic mass is 10.1. The van der Waals surface area contributed by atoms with Gasteiger partial charge in [-0.25, -0.2) is 4.79 Å². The van der Waals surface area contributed by atoms with Crippen LogP contribution in [0.25, 0.3) is 0 Å². The lowest BCUT2D eigenvalue weighted by Crippen LogP contribution is -2.45. The standard InChI is InChI=1S/C12H19NO4/c1-2-3-4-6-9(12(15)16)13-11(14)10-7-5-8-17-10/h2,9-10H,1,3-8H2,(H,13,14)(H,15,16)/t9-,10+/m1/s1. The van der Waals surface area contributed by atoms with Crippen LogP contribution in [0.3, 0.4) is 0 Å². The molecule has 1 saturated heterocycles. The van der Waals surface area contributed by atoms with E-state index in [1.165, 1.54) is 0 Å². The second kappa shape index (κ2) is 7.06. The van der Waals surface area contributed by atoms with Crippen LogP contribution in [0.2, 0.25) is 0 Å². The number of unbranched alkanes of at least 4 members (excludes halogenated alkanes) is 1. The van der Waals surface area contributed by atoms with Gasteiger partial charge in [0.2, 0.25) is 5.91 Å². The van der Waals surface area contributed by atoms with Gasteiger partial charge in [-0.05, 0) is 32.1 Å². The van der Waals surface area contributed by atoms with Crippen LogP contribution in [-0.2, 0) is 14.3 Å². The number of ether oxygens (including phenoxy) is 1. The number of hydrogen-bond donors (Lipinski definition) is 2. The molecule has 0 aliphatic carbocycles. The first kappa shape index (κ1) is 13.7. The van der Waals surface area contributed by atoms with Gasteiger partial charge in [0.15, 0.2) is 0 Å². The lowest BCUT2D eigenvalue weighted by molar-refractivity contribution is -0.143. The number of rotatable bonds is 7. The minimum absolute atomic E-state index is 0.312. The fraction of sp³-hybridized carbons (Fsp3) is 0.667. The van der Waals surface area contributed by atoms with Crippen molar-refractivity contribution in [2.45, 2.75) is 44.2 Å². The van der Waals surface area contributed by atoms with Crippen LogP contribution in [0.15, 0.2) is 12.7 Å². The summed E-state index contributed by atoms with van der Waals surface area (Å²) in [5, 5.41) is 11.5. The third-order valence-electron chi connectivity index (χ3n) is 2.74. The van der Waals surface area contributed by atoms with Crippen molar-refractivity contribution in [2.75, 3.05) is 6.61 Å². The van der Waals surface area contributed by atoms with Crippen LogP contribution in [0.4, 0.5) is 0 Å². The third-order valence-corrected chi connectivity index (χ3v) is 2.74. The van der Waals surface area contributed by atoms with E-state index >= 15 is 0 Å². The molecular weight excluding hydrogens is 222 g/mol. The summed E-state index contributed by atoms with van der Waals surface area (Å²) in [4.78, 5) is 22.6. The molecule has 1 fully saturated rings. The number of nitrogens with one attached hydrogen (secondary N) is 1. The Balaban J connectivity index is 2.39. The van der Waals surface area contributed by atoms with Gasteiger partial charge in [-0.1, -0.05) is 6.08 Å². The van der Waals surface area contributed by atoms with Crippen LogP contribution < -0.4 is 5.32 Å². The average molecular weight is 241 g/mol. The highest BCUT2D eigenvalue weighted by Gasteiger charge is 2.27. The van der Waals surface area contributed by atoms with Gasteiger partial charge < -0.3 is 15.2 Å². The maximum absolute atomic E-state index is 11.7. The number of carboxylic acids is 1. The van der Waals surface area contributed by atoms with Gasteiger partial charge in [-0.15, -0.1) is 6.58 Å². The highest BCUT2D eigenvalue weighted by molar-refractivity contribution is 5.86. The fourth-order valence-corrected chi connectivity index (χ4v) is 1.77. The maximum Gasteiger partial charge on any atom is 0.326 e. The van der Waals surface area contributed by atoms with Crippen molar-refractivity contribution in [3.05, 3.63) is 12.7 Å². The van der Waals surface area contributed by atoms with Crippen molar-refractivity contribution in [3.63, 3.8) is 0 Å². The first-order valence-electron chi connectivity index (χ1n) is 5.91. The molecule has 1 aliphatic heterocycles. The molecule has 0 unspecified atom stereocenters. The first-order valence-corrected chi connectivity index (χ1v) is 5.91. The quantitative estimate of drug-likeness (QED) is 0.517. The lowest BCUT2D eigenvalue weighted by Gasteiger charge is -2.16. The molecule has 1 heterocycles. The Bertz CT molecular complexity index is 284. The van der Waals surface area contributed by atoms with E-state index in [1.54, 1.807) is 6.08 Å². The van der Waals surface area contributed by atoms with Crippen molar-refractivity contribution in [2.24, 2.45) is 0 Å². The van der Waals surface area contributed by atoms with Gasteiger partial charge >= 0.3 is 5.97 Å². The summed E-state index contributed by atoms with van der Waals surface area (Å²) in [7, 11) is 0. The Kier molecular flexibility index (Phi) is 5.69. The van der Waals surface area contributed by atoms with E-state index in [-0.39, 0.29) is 5.91 Å². The summed E-state index contributed by atoms with van der Waals surface area (Å²) >= 11 is 0. The maximum atomic E-state index is 11.7.